The summed E-state index contributed by atoms with van der Waals surface area (Å²) in [5.41, 5.74) is 3.58. The standard InChI is InChI=1S/C21H22N4O2/c1-16-5-2-3-6-19(16)21(27)23-15-20(26)22-13-11-17-7-9-18(10-8-17)25-14-4-12-24-25/h2-10,12,14H,11,13,15H2,1H3,(H,22,26)(H,23,27). The van der Waals surface area contributed by atoms with E-state index in [1.165, 1.54) is 0 Å². The molecule has 3 rings (SSSR count). The molecule has 0 fully saturated rings. The molecule has 2 N–H and O–H groups in total. The van der Waals surface area contributed by atoms with Gasteiger partial charge in [-0.25, -0.2) is 4.68 Å². The maximum Gasteiger partial charge on any atom is 0.251 e. The first-order valence-corrected chi connectivity index (χ1v) is 8.83. The lowest BCUT2D eigenvalue weighted by Gasteiger charge is -2.09. The minimum absolute atomic E-state index is 0.0363. The molecular formula is C21H22N4O2. The number of nitrogens with zero attached hydrogens (tertiary/aromatic N) is 2. The second-order valence-electron chi connectivity index (χ2n) is 6.21. The second kappa shape index (κ2) is 8.80. The molecule has 0 saturated heterocycles. The summed E-state index contributed by atoms with van der Waals surface area (Å²) in [5.74, 6) is -0.442. The third-order valence-corrected chi connectivity index (χ3v) is 4.24. The molecule has 138 valence electrons. The minimum atomic E-state index is -0.238. The third kappa shape index (κ3) is 5.04. The van der Waals surface area contributed by atoms with E-state index in [0.717, 1.165) is 23.2 Å². The van der Waals surface area contributed by atoms with Crippen LogP contribution >= 0.6 is 0 Å². The lowest BCUT2D eigenvalue weighted by Crippen LogP contribution is -2.37. The molecule has 1 heterocycles. The average molecular weight is 362 g/mol. The van der Waals surface area contributed by atoms with Gasteiger partial charge in [0.25, 0.3) is 5.91 Å². The number of aromatic nitrogens is 2. The van der Waals surface area contributed by atoms with Gasteiger partial charge in [-0.05, 0) is 48.7 Å². The highest BCUT2D eigenvalue weighted by Gasteiger charge is 2.09. The van der Waals surface area contributed by atoms with E-state index in [-0.39, 0.29) is 18.4 Å². The van der Waals surface area contributed by atoms with E-state index in [9.17, 15) is 9.59 Å². The number of carbonyl (C=O) groups excluding carboxylic acids is 2. The molecule has 0 spiro atoms. The molecule has 3 aromatic rings. The number of hydrogen-bond donors (Lipinski definition) is 2. The Balaban J connectivity index is 1.40. The van der Waals surface area contributed by atoms with Crippen LogP contribution in [-0.4, -0.2) is 34.7 Å². The van der Waals surface area contributed by atoms with Crippen molar-refractivity contribution in [3.63, 3.8) is 0 Å². The number of carbonyl (C=O) groups is 2. The van der Waals surface area contributed by atoms with Gasteiger partial charge in [0.05, 0.1) is 12.2 Å². The van der Waals surface area contributed by atoms with E-state index in [4.69, 9.17) is 0 Å². The molecule has 2 amide bonds. The number of aryl methyl sites for hydroxylation is 1. The molecule has 0 aliphatic carbocycles. The van der Waals surface area contributed by atoms with Crippen molar-refractivity contribution in [3.05, 3.63) is 83.7 Å². The second-order valence-corrected chi connectivity index (χ2v) is 6.21. The lowest BCUT2D eigenvalue weighted by atomic mass is 10.1. The van der Waals surface area contributed by atoms with Crippen LogP contribution in [0.25, 0.3) is 5.69 Å². The molecule has 0 radical (unpaired) electrons. The Kier molecular flexibility index (Phi) is 5.99. The molecule has 2 aromatic carbocycles. The van der Waals surface area contributed by atoms with Crippen LogP contribution in [0.5, 0.6) is 0 Å². The van der Waals surface area contributed by atoms with E-state index in [0.29, 0.717) is 12.1 Å². The Bertz CT molecular complexity index is 902. The quantitative estimate of drug-likeness (QED) is 0.677. The van der Waals surface area contributed by atoms with E-state index in [1.54, 1.807) is 23.0 Å². The van der Waals surface area contributed by atoms with Crippen LogP contribution in [0.15, 0.2) is 67.0 Å². The highest BCUT2D eigenvalue weighted by atomic mass is 16.2. The monoisotopic (exact) mass is 362 g/mol. The number of amides is 2. The predicted molar refractivity (Wildman–Crippen MR) is 104 cm³/mol. The van der Waals surface area contributed by atoms with Gasteiger partial charge in [-0.3, -0.25) is 9.59 Å². The van der Waals surface area contributed by atoms with E-state index in [1.807, 2.05) is 55.6 Å². The van der Waals surface area contributed by atoms with Crippen molar-refractivity contribution in [2.45, 2.75) is 13.3 Å². The lowest BCUT2D eigenvalue weighted by molar-refractivity contribution is -0.120. The van der Waals surface area contributed by atoms with Gasteiger partial charge >= 0.3 is 0 Å². The summed E-state index contributed by atoms with van der Waals surface area (Å²) in [6.45, 7) is 2.35. The van der Waals surface area contributed by atoms with Crippen molar-refractivity contribution in [1.29, 1.82) is 0 Å². The van der Waals surface area contributed by atoms with Gasteiger partial charge < -0.3 is 10.6 Å². The zero-order valence-corrected chi connectivity index (χ0v) is 15.2. The molecule has 6 heteroatoms. The van der Waals surface area contributed by atoms with E-state index in [2.05, 4.69) is 15.7 Å². The molecule has 6 nitrogen and oxygen atoms in total. The largest absolute Gasteiger partial charge is 0.354 e. The normalized spacial score (nSPS) is 10.4. The van der Waals surface area contributed by atoms with Gasteiger partial charge in [0.15, 0.2) is 0 Å². The fourth-order valence-corrected chi connectivity index (χ4v) is 2.73. The molecule has 0 atom stereocenters. The Hall–Kier alpha value is -3.41. The smallest absolute Gasteiger partial charge is 0.251 e. The third-order valence-electron chi connectivity index (χ3n) is 4.24. The van der Waals surface area contributed by atoms with E-state index >= 15 is 0 Å². The van der Waals surface area contributed by atoms with Crippen molar-refractivity contribution >= 4 is 11.8 Å². The van der Waals surface area contributed by atoms with Gasteiger partial charge in [-0.15, -0.1) is 0 Å². The van der Waals surface area contributed by atoms with Gasteiger partial charge in [-0.1, -0.05) is 30.3 Å². The maximum absolute atomic E-state index is 12.1. The summed E-state index contributed by atoms with van der Waals surface area (Å²) >= 11 is 0. The van der Waals surface area contributed by atoms with Crippen molar-refractivity contribution in [1.82, 2.24) is 20.4 Å². The summed E-state index contributed by atoms with van der Waals surface area (Å²) in [4.78, 5) is 24.0. The minimum Gasteiger partial charge on any atom is -0.354 e. The summed E-state index contributed by atoms with van der Waals surface area (Å²) in [6, 6.07) is 17.2. The van der Waals surface area contributed by atoms with Crippen LogP contribution in [0.4, 0.5) is 0 Å². The van der Waals surface area contributed by atoms with Gasteiger partial charge in [0.2, 0.25) is 5.91 Å². The fraction of sp³-hybridized carbons (Fsp3) is 0.190. The molecular weight excluding hydrogens is 340 g/mol. The Morgan fingerprint density at radius 3 is 2.48 bits per heavy atom. The number of benzene rings is 2. The highest BCUT2D eigenvalue weighted by molar-refractivity contribution is 5.97. The zero-order valence-electron chi connectivity index (χ0n) is 15.2. The molecule has 27 heavy (non-hydrogen) atoms. The Labute approximate surface area is 158 Å². The fourth-order valence-electron chi connectivity index (χ4n) is 2.73. The van der Waals surface area contributed by atoms with E-state index < -0.39 is 0 Å². The van der Waals surface area contributed by atoms with Crippen LogP contribution < -0.4 is 10.6 Å². The van der Waals surface area contributed by atoms with Gasteiger partial charge in [0.1, 0.15) is 0 Å². The number of nitrogens with one attached hydrogen (secondary N) is 2. The van der Waals surface area contributed by atoms with Crippen molar-refractivity contribution in [2.24, 2.45) is 0 Å². The molecule has 0 aliphatic rings. The van der Waals surface area contributed by atoms with Crippen LogP contribution in [0.3, 0.4) is 0 Å². The number of hydrogen-bond acceptors (Lipinski definition) is 3. The van der Waals surface area contributed by atoms with Gasteiger partial charge in [0, 0.05) is 24.5 Å². The van der Waals surface area contributed by atoms with Crippen LogP contribution in [0, 0.1) is 6.92 Å². The zero-order chi connectivity index (χ0) is 19.1. The summed E-state index contributed by atoms with van der Waals surface area (Å²) in [6.07, 6.45) is 4.35. The number of rotatable bonds is 7. The topological polar surface area (TPSA) is 76.0 Å². The molecule has 0 bridgehead atoms. The highest BCUT2D eigenvalue weighted by Crippen LogP contribution is 2.09. The molecule has 1 aromatic heterocycles. The summed E-state index contributed by atoms with van der Waals surface area (Å²) in [5, 5.41) is 9.66. The predicted octanol–water partition coefficient (Wildman–Crippen LogP) is 2.27. The maximum atomic E-state index is 12.1. The van der Waals surface area contributed by atoms with Crippen LogP contribution in [0.1, 0.15) is 21.5 Å². The first-order chi connectivity index (χ1) is 13.1. The van der Waals surface area contributed by atoms with Crippen molar-refractivity contribution < 1.29 is 9.59 Å². The molecule has 0 unspecified atom stereocenters. The van der Waals surface area contributed by atoms with Crippen molar-refractivity contribution in [3.8, 4) is 5.69 Å². The van der Waals surface area contributed by atoms with Crippen LogP contribution in [-0.2, 0) is 11.2 Å². The summed E-state index contributed by atoms with van der Waals surface area (Å²) < 4.78 is 1.79. The molecule has 0 saturated carbocycles. The van der Waals surface area contributed by atoms with Crippen LogP contribution in [0.2, 0.25) is 0 Å². The summed E-state index contributed by atoms with van der Waals surface area (Å²) in [7, 11) is 0. The Morgan fingerprint density at radius 1 is 1.00 bits per heavy atom. The first-order valence-electron chi connectivity index (χ1n) is 8.83. The molecule has 0 aliphatic heterocycles. The Morgan fingerprint density at radius 2 is 1.78 bits per heavy atom. The van der Waals surface area contributed by atoms with Gasteiger partial charge in [-0.2, -0.15) is 5.10 Å². The van der Waals surface area contributed by atoms with Crippen molar-refractivity contribution in [2.75, 3.05) is 13.1 Å². The first kappa shape index (κ1) is 18.4. The SMILES string of the molecule is Cc1ccccc1C(=O)NCC(=O)NCCc1ccc(-n2cccn2)cc1. The average Bonchev–Trinajstić information content (AvgIpc) is 3.22.